The van der Waals surface area contributed by atoms with Crippen molar-refractivity contribution in [1.82, 2.24) is 14.9 Å². The summed E-state index contributed by atoms with van der Waals surface area (Å²) in [6.07, 6.45) is 7.62. The molecular weight excluding hydrogens is 392 g/mol. The molecule has 1 N–H and O–H groups in total. The number of aromatic nitrogens is 2. The molecule has 6 heteroatoms. The van der Waals surface area contributed by atoms with E-state index < -0.39 is 0 Å². The predicted octanol–water partition coefficient (Wildman–Crippen LogP) is 4.26. The van der Waals surface area contributed by atoms with Gasteiger partial charge in [-0.1, -0.05) is 22.9 Å². The predicted molar refractivity (Wildman–Crippen MR) is 111 cm³/mol. The Bertz CT molecular complexity index is 731. The van der Waals surface area contributed by atoms with Crippen LogP contribution in [0.3, 0.4) is 0 Å². The van der Waals surface area contributed by atoms with Crippen LogP contribution in [0.5, 0.6) is 0 Å². The van der Waals surface area contributed by atoms with Crippen molar-refractivity contribution in [2.75, 3.05) is 32.6 Å². The van der Waals surface area contributed by atoms with Crippen molar-refractivity contribution < 1.29 is 4.74 Å². The zero-order valence-corrected chi connectivity index (χ0v) is 17.6. The summed E-state index contributed by atoms with van der Waals surface area (Å²) in [6.45, 7) is 3.97. The maximum Gasteiger partial charge on any atom is 0.223 e. The smallest absolute Gasteiger partial charge is 0.223 e. The average molecular weight is 421 g/mol. The van der Waals surface area contributed by atoms with E-state index in [1.54, 1.807) is 7.11 Å². The standard InChI is InChI=1S/C20H29BrN4O/c1-4-14-11-16(21)12-15-13-22-20(24-19(14)15)23-17-5-7-18(8-6-17)25(2)9-10-26-3/h11-13,17-18H,4-10H2,1-3H3,(H,22,23,24). The Morgan fingerprint density at radius 1 is 1.27 bits per heavy atom. The van der Waals surface area contributed by atoms with Crippen molar-refractivity contribution in [3.8, 4) is 0 Å². The summed E-state index contributed by atoms with van der Waals surface area (Å²) in [7, 11) is 3.97. The number of methoxy groups -OCH3 is 1. The van der Waals surface area contributed by atoms with Crippen LogP contribution < -0.4 is 5.32 Å². The van der Waals surface area contributed by atoms with E-state index in [0.29, 0.717) is 12.1 Å². The van der Waals surface area contributed by atoms with E-state index in [9.17, 15) is 0 Å². The van der Waals surface area contributed by atoms with Gasteiger partial charge in [0.25, 0.3) is 0 Å². The second kappa shape index (κ2) is 9.11. The number of anilines is 1. The lowest BCUT2D eigenvalue weighted by molar-refractivity contribution is 0.121. The Morgan fingerprint density at radius 2 is 2.04 bits per heavy atom. The first kappa shape index (κ1) is 19.5. The highest BCUT2D eigenvalue weighted by molar-refractivity contribution is 9.10. The number of likely N-dealkylation sites (N-methyl/N-ethyl adjacent to an activating group) is 1. The number of rotatable bonds is 7. The summed E-state index contributed by atoms with van der Waals surface area (Å²) < 4.78 is 6.28. The van der Waals surface area contributed by atoms with E-state index in [2.05, 4.69) is 57.2 Å². The van der Waals surface area contributed by atoms with Gasteiger partial charge in [0.1, 0.15) is 0 Å². The lowest BCUT2D eigenvalue weighted by Gasteiger charge is -2.34. The first-order chi connectivity index (χ1) is 12.6. The maximum absolute atomic E-state index is 5.19. The van der Waals surface area contributed by atoms with Crippen LogP contribution in [0, 0.1) is 0 Å². The second-order valence-electron chi connectivity index (χ2n) is 7.17. The van der Waals surface area contributed by atoms with Gasteiger partial charge in [0.15, 0.2) is 0 Å². The number of aryl methyl sites for hydroxylation is 1. The van der Waals surface area contributed by atoms with Crippen molar-refractivity contribution in [3.05, 3.63) is 28.4 Å². The van der Waals surface area contributed by atoms with Gasteiger partial charge in [-0.3, -0.25) is 0 Å². The van der Waals surface area contributed by atoms with Crippen molar-refractivity contribution in [1.29, 1.82) is 0 Å². The van der Waals surface area contributed by atoms with Gasteiger partial charge in [0.05, 0.1) is 12.1 Å². The number of ether oxygens (including phenoxy) is 1. The first-order valence-electron chi connectivity index (χ1n) is 9.51. The molecule has 1 aromatic carbocycles. The van der Waals surface area contributed by atoms with Crippen LogP contribution in [0.15, 0.2) is 22.8 Å². The quantitative estimate of drug-likeness (QED) is 0.724. The molecule has 0 amide bonds. The van der Waals surface area contributed by atoms with Gasteiger partial charge >= 0.3 is 0 Å². The van der Waals surface area contributed by atoms with E-state index >= 15 is 0 Å². The summed E-state index contributed by atoms with van der Waals surface area (Å²) in [6, 6.07) is 5.35. The molecule has 1 aliphatic rings. The van der Waals surface area contributed by atoms with Crippen LogP contribution in [-0.4, -0.2) is 54.3 Å². The Hall–Kier alpha value is -1.24. The molecule has 0 saturated heterocycles. The lowest BCUT2D eigenvalue weighted by Crippen LogP contribution is -2.39. The van der Waals surface area contributed by atoms with Crippen molar-refractivity contribution in [2.24, 2.45) is 0 Å². The monoisotopic (exact) mass is 420 g/mol. The molecule has 1 heterocycles. The number of fused-ring (bicyclic) bond motifs is 1. The number of hydrogen-bond donors (Lipinski definition) is 1. The summed E-state index contributed by atoms with van der Waals surface area (Å²) in [4.78, 5) is 11.8. The molecule has 26 heavy (non-hydrogen) atoms. The SMILES string of the molecule is CCc1cc(Br)cc2cnc(NC3CCC(N(C)CCOC)CC3)nc12. The van der Waals surface area contributed by atoms with Gasteiger partial charge < -0.3 is 15.0 Å². The molecule has 0 unspecified atom stereocenters. The number of benzene rings is 1. The van der Waals surface area contributed by atoms with Gasteiger partial charge in [0.2, 0.25) is 5.95 Å². The van der Waals surface area contributed by atoms with E-state index in [1.165, 1.54) is 18.4 Å². The normalized spacial score (nSPS) is 20.7. The van der Waals surface area contributed by atoms with Crippen LogP contribution in [-0.2, 0) is 11.2 Å². The number of hydrogen-bond acceptors (Lipinski definition) is 5. The second-order valence-corrected chi connectivity index (χ2v) is 8.09. The third kappa shape index (κ3) is 4.72. The molecule has 142 valence electrons. The Kier molecular flexibility index (Phi) is 6.84. The van der Waals surface area contributed by atoms with Gasteiger partial charge in [-0.2, -0.15) is 0 Å². The molecule has 5 nitrogen and oxygen atoms in total. The molecular formula is C20H29BrN4O. The molecule has 1 aromatic heterocycles. The first-order valence-corrected chi connectivity index (χ1v) is 10.3. The minimum absolute atomic E-state index is 0.458. The van der Waals surface area contributed by atoms with Crippen molar-refractivity contribution in [2.45, 2.75) is 51.1 Å². The maximum atomic E-state index is 5.19. The van der Waals surface area contributed by atoms with Crippen LogP contribution in [0.1, 0.15) is 38.2 Å². The fraction of sp³-hybridized carbons (Fsp3) is 0.600. The number of nitrogens with one attached hydrogen (secondary N) is 1. The Labute approximate surface area is 164 Å². The molecule has 0 radical (unpaired) electrons. The topological polar surface area (TPSA) is 50.3 Å². The summed E-state index contributed by atoms with van der Waals surface area (Å²) in [5, 5.41) is 4.65. The highest BCUT2D eigenvalue weighted by Gasteiger charge is 2.24. The van der Waals surface area contributed by atoms with Crippen molar-refractivity contribution in [3.63, 3.8) is 0 Å². The van der Waals surface area contributed by atoms with Gasteiger partial charge in [0, 0.05) is 41.8 Å². The minimum atomic E-state index is 0.458. The fourth-order valence-electron chi connectivity index (χ4n) is 3.78. The molecule has 0 spiro atoms. The fourth-order valence-corrected chi connectivity index (χ4v) is 4.30. The number of nitrogens with zero attached hydrogens (tertiary/aromatic N) is 3. The third-order valence-corrected chi connectivity index (χ3v) is 5.87. The zero-order valence-electron chi connectivity index (χ0n) is 16.0. The molecule has 0 atom stereocenters. The largest absolute Gasteiger partial charge is 0.383 e. The Balaban J connectivity index is 1.62. The molecule has 3 rings (SSSR count). The molecule has 0 bridgehead atoms. The van der Waals surface area contributed by atoms with Crippen LogP contribution in [0.2, 0.25) is 0 Å². The zero-order chi connectivity index (χ0) is 18.5. The summed E-state index contributed by atoms with van der Waals surface area (Å²) >= 11 is 3.57. The van der Waals surface area contributed by atoms with E-state index in [4.69, 9.17) is 9.72 Å². The van der Waals surface area contributed by atoms with Crippen LogP contribution >= 0.6 is 15.9 Å². The van der Waals surface area contributed by atoms with Gasteiger partial charge in [-0.15, -0.1) is 0 Å². The van der Waals surface area contributed by atoms with Gasteiger partial charge in [-0.05, 0) is 56.8 Å². The Morgan fingerprint density at radius 3 is 2.73 bits per heavy atom. The third-order valence-electron chi connectivity index (χ3n) is 5.41. The minimum Gasteiger partial charge on any atom is -0.383 e. The average Bonchev–Trinajstić information content (AvgIpc) is 2.66. The molecule has 1 aliphatic carbocycles. The summed E-state index contributed by atoms with van der Waals surface area (Å²) in [5.41, 5.74) is 2.31. The molecule has 2 aromatic rings. The van der Waals surface area contributed by atoms with Crippen LogP contribution in [0.25, 0.3) is 10.9 Å². The molecule has 1 saturated carbocycles. The highest BCUT2D eigenvalue weighted by Crippen LogP contribution is 2.26. The van der Waals surface area contributed by atoms with Gasteiger partial charge in [-0.25, -0.2) is 9.97 Å². The van der Waals surface area contributed by atoms with E-state index in [1.807, 2.05) is 6.20 Å². The lowest BCUT2D eigenvalue weighted by atomic mass is 9.90. The summed E-state index contributed by atoms with van der Waals surface area (Å²) in [5.74, 6) is 0.755. The van der Waals surface area contributed by atoms with E-state index in [-0.39, 0.29) is 0 Å². The molecule has 0 aliphatic heterocycles. The molecule has 1 fully saturated rings. The van der Waals surface area contributed by atoms with Crippen LogP contribution in [0.4, 0.5) is 5.95 Å². The van der Waals surface area contributed by atoms with E-state index in [0.717, 1.165) is 53.7 Å². The highest BCUT2D eigenvalue weighted by atomic mass is 79.9. The number of halogens is 1. The van der Waals surface area contributed by atoms with Crippen molar-refractivity contribution >= 4 is 32.8 Å².